The molecule has 3 atom stereocenters. The van der Waals surface area contributed by atoms with Crippen LogP contribution in [0, 0.1) is 0 Å². The SMILES string of the molecule is C[C@]1(COC(=O)Nc2nccs2)[C@H](C(=O)O)N2C(=O)/C(=C/c3ccccn3)[C@H]2S1(=O)=O. The Kier molecular flexibility index (Phi) is 5.01. The number of nitrogens with one attached hydrogen (secondary N) is 1. The minimum Gasteiger partial charge on any atom is -0.480 e. The van der Waals surface area contributed by atoms with Crippen LogP contribution in [0.5, 0.6) is 0 Å². The first kappa shape index (κ1) is 20.9. The highest BCUT2D eigenvalue weighted by Crippen LogP contribution is 2.49. The molecule has 2 fully saturated rings. The van der Waals surface area contributed by atoms with Gasteiger partial charge in [0.05, 0.1) is 11.3 Å². The van der Waals surface area contributed by atoms with E-state index in [4.69, 9.17) is 4.74 Å². The fraction of sp³-hybridized carbons (Fsp3) is 0.278. The summed E-state index contributed by atoms with van der Waals surface area (Å²) >= 11 is 1.12. The van der Waals surface area contributed by atoms with Crippen LogP contribution >= 0.6 is 11.3 Å². The van der Waals surface area contributed by atoms with E-state index < -0.39 is 50.6 Å². The summed E-state index contributed by atoms with van der Waals surface area (Å²) in [7, 11) is -4.27. The quantitative estimate of drug-likeness (QED) is 0.486. The van der Waals surface area contributed by atoms with Crippen LogP contribution < -0.4 is 5.32 Å². The zero-order valence-electron chi connectivity index (χ0n) is 16.0. The number of fused-ring (bicyclic) bond motifs is 1. The highest BCUT2D eigenvalue weighted by Gasteiger charge is 2.72. The van der Waals surface area contributed by atoms with Crippen LogP contribution in [-0.4, -0.2) is 69.1 Å². The van der Waals surface area contributed by atoms with E-state index in [2.05, 4.69) is 15.3 Å². The summed E-state index contributed by atoms with van der Waals surface area (Å²) in [6.45, 7) is 0.391. The highest BCUT2D eigenvalue weighted by molar-refractivity contribution is 7.94. The van der Waals surface area contributed by atoms with Crippen molar-refractivity contribution in [3.05, 3.63) is 47.2 Å². The van der Waals surface area contributed by atoms with Gasteiger partial charge in [0.15, 0.2) is 26.4 Å². The van der Waals surface area contributed by atoms with Gasteiger partial charge in [0, 0.05) is 17.8 Å². The largest absolute Gasteiger partial charge is 0.480 e. The average Bonchev–Trinajstić information content (AvgIpc) is 3.28. The summed E-state index contributed by atoms with van der Waals surface area (Å²) in [6, 6.07) is 3.20. The molecule has 0 radical (unpaired) electrons. The maximum atomic E-state index is 13.3. The van der Waals surface area contributed by atoms with Crippen LogP contribution in [-0.2, 0) is 24.2 Å². The number of thiazole rings is 1. The second-order valence-electron chi connectivity index (χ2n) is 7.06. The molecule has 2 N–H and O–H groups in total. The number of carbonyl (C=O) groups is 3. The van der Waals surface area contributed by atoms with Crippen molar-refractivity contribution in [3.63, 3.8) is 0 Å². The predicted molar refractivity (Wildman–Crippen MR) is 109 cm³/mol. The third-order valence-corrected chi connectivity index (χ3v) is 8.56. The van der Waals surface area contributed by atoms with Crippen LogP contribution in [0.2, 0.25) is 0 Å². The van der Waals surface area contributed by atoms with Crippen LogP contribution in [0.3, 0.4) is 0 Å². The topological polar surface area (TPSA) is 156 Å². The molecule has 0 unspecified atom stereocenters. The molecular weight excluding hydrogens is 448 g/mol. The number of anilines is 1. The Morgan fingerprint density at radius 1 is 1.35 bits per heavy atom. The lowest BCUT2D eigenvalue weighted by Gasteiger charge is -2.37. The fourth-order valence-corrected chi connectivity index (χ4v) is 6.42. The number of rotatable bonds is 5. The molecule has 0 aromatic carbocycles. The molecule has 0 spiro atoms. The average molecular weight is 464 g/mol. The first-order valence-electron chi connectivity index (χ1n) is 8.91. The molecule has 2 aromatic rings. The van der Waals surface area contributed by atoms with Crippen molar-refractivity contribution in [2.45, 2.75) is 23.1 Å². The molecule has 31 heavy (non-hydrogen) atoms. The molecule has 2 aliphatic rings. The van der Waals surface area contributed by atoms with Crippen molar-refractivity contribution in [1.29, 1.82) is 0 Å². The Morgan fingerprint density at radius 3 is 2.74 bits per heavy atom. The van der Waals surface area contributed by atoms with Gasteiger partial charge in [-0.05, 0) is 25.1 Å². The molecule has 162 valence electrons. The second kappa shape index (κ2) is 7.42. The van der Waals surface area contributed by atoms with Gasteiger partial charge in [-0.25, -0.2) is 23.0 Å². The van der Waals surface area contributed by atoms with E-state index >= 15 is 0 Å². The molecule has 13 heteroatoms. The molecule has 2 aliphatic heterocycles. The number of carboxylic acid groups (broad SMARTS) is 1. The van der Waals surface area contributed by atoms with Gasteiger partial charge in [0.25, 0.3) is 5.91 Å². The number of carboxylic acids is 1. The van der Waals surface area contributed by atoms with E-state index in [0.29, 0.717) is 5.69 Å². The molecule has 4 heterocycles. The van der Waals surface area contributed by atoms with E-state index in [-0.39, 0.29) is 10.7 Å². The Bertz CT molecular complexity index is 1180. The van der Waals surface area contributed by atoms with Gasteiger partial charge in [0.1, 0.15) is 11.4 Å². The van der Waals surface area contributed by atoms with Crippen molar-refractivity contribution >= 4 is 50.4 Å². The number of carbonyl (C=O) groups excluding carboxylic acids is 2. The normalized spacial score (nSPS) is 27.5. The number of nitrogens with zero attached hydrogens (tertiary/aromatic N) is 3. The Morgan fingerprint density at radius 2 is 2.13 bits per heavy atom. The smallest absolute Gasteiger partial charge is 0.413 e. The maximum Gasteiger partial charge on any atom is 0.413 e. The van der Waals surface area contributed by atoms with Gasteiger partial charge in [0.2, 0.25) is 0 Å². The number of β-lactam (4-membered cyclic amide) rings is 1. The Hall–Kier alpha value is -3.32. The number of ether oxygens (including phenoxy) is 1. The first-order valence-corrected chi connectivity index (χ1v) is 11.3. The van der Waals surface area contributed by atoms with Gasteiger partial charge in [-0.1, -0.05) is 6.07 Å². The molecule has 2 saturated heterocycles. The lowest BCUT2D eigenvalue weighted by atomic mass is 9.94. The molecule has 0 bridgehead atoms. The molecule has 11 nitrogen and oxygen atoms in total. The fourth-order valence-electron chi connectivity index (χ4n) is 3.63. The number of pyridine rings is 1. The van der Waals surface area contributed by atoms with Gasteiger partial charge >= 0.3 is 12.1 Å². The van der Waals surface area contributed by atoms with Crippen LogP contribution in [0.25, 0.3) is 6.08 Å². The zero-order valence-corrected chi connectivity index (χ0v) is 17.6. The van der Waals surface area contributed by atoms with E-state index in [9.17, 15) is 27.9 Å². The van der Waals surface area contributed by atoms with Crippen LogP contribution in [0.15, 0.2) is 41.5 Å². The molecular formula is C18H16N4O7S2. The van der Waals surface area contributed by atoms with Crippen molar-refractivity contribution in [2.75, 3.05) is 11.9 Å². The summed E-state index contributed by atoms with van der Waals surface area (Å²) in [4.78, 5) is 45.3. The Balaban J connectivity index is 1.63. The van der Waals surface area contributed by atoms with Crippen LogP contribution in [0.1, 0.15) is 12.6 Å². The summed E-state index contributed by atoms with van der Waals surface area (Å²) in [5.74, 6) is -2.23. The number of hydrogen-bond donors (Lipinski definition) is 2. The summed E-state index contributed by atoms with van der Waals surface area (Å²) in [5.41, 5.74) is 0.279. The molecule has 2 aromatic heterocycles. The summed E-state index contributed by atoms with van der Waals surface area (Å²) < 4.78 is 29.6. The standard InChI is InChI=1S/C18H16N4O7S2/c1-18(9-29-17(26)21-16-20-6-7-30-16)12(15(24)25)22-13(23)11(14(22)31(18,27)28)8-10-4-2-3-5-19-10/h2-8,12,14H,9H2,1H3,(H,24,25)(H,20,21,26)/b11-8-/t12-,14+,18-/m0/s1. The molecule has 0 saturated carbocycles. The van der Waals surface area contributed by atoms with E-state index in [0.717, 1.165) is 23.2 Å². The first-order chi connectivity index (χ1) is 14.7. The van der Waals surface area contributed by atoms with Crippen molar-refractivity contribution in [3.8, 4) is 0 Å². The summed E-state index contributed by atoms with van der Waals surface area (Å²) in [5, 5.41) is 12.4. The Labute approximate surface area is 180 Å². The predicted octanol–water partition coefficient (Wildman–Crippen LogP) is 0.979. The zero-order chi connectivity index (χ0) is 22.4. The molecule has 2 amide bonds. The number of aromatic nitrogens is 2. The van der Waals surface area contributed by atoms with Crippen molar-refractivity contribution < 1.29 is 32.6 Å². The van der Waals surface area contributed by atoms with Gasteiger partial charge in [-0.2, -0.15) is 0 Å². The lowest BCUT2D eigenvalue weighted by molar-refractivity contribution is -0.153. The second-order valence-corrected chi connectivity index (χ2v) is 10.4. The molecule has 0 aliphatic carbocycles. The van der Waals surface area contributed by atoms with Gasteiger partial charge in [-0.15, -0.1) is 11.3 Å². The summed E-state index contributed by atoms with van der Waals surface area (Å²) in [6.07, 6.45) is 3.27. The van der Waals surface area contributed by atoms with E-state index in [1.54, 1.807) is 23.6 Å². The minimum absolute atomic E-state index is 0.0825. The number of hydrogen-bond acceptors (Lipinski definition) is 9. The monoisotopic (exact) mass is 464 g/mol. The lowest BCUT2D eigenvalue weighted by Crippen LogP contribution is -2.59. The van der Waals surface area contributed by atoms with Crippen molar-refractivity contribution in [2.24, 2.45) is 0 Å². The number of amides is 2. The van der Waals surface area contributed by atoms with Crippen molar-refractivity contribution in [1.82, 2.24) is 14.9 Å². The third-order valence-electron chi connectivity index (χ3n) is 5.16. The van der Waals surface area contributed by atoms with E-state index in [1.165, 1.54) is 18.5 Å². The van der Waals surface area contributed by atoms with Crippen LogP contribution in [0.4, 0.5) is 9.93 Å². The number of aliphatic carboxylic acids is 1. The van der Waals surface area contributed by atoms with Gasteiger partial charge in [-0.3, -0.25) is 15.1 Å². The highest BCUT2D eigenvalue weighted by atomic mass is 32.2. The van der Waals surface area contributed by atoms with Gasteiger partial charge < -0.3 is 14.7 Å². The maximum absolute atomic E-state index is 13.3. The minimum atomic E-state index is -4.27. The molecule has 4 rings (SSSR count). The number of sulfone groups is 1. The van der Waals surface area contributed by atoms with E-state index in [1.807, 2.05) is 0 Å². The third kappa shape index (κ3) is 3.25.